The van der Waals surface area contributed by atoms with E-state index >= 15 is 0 Å². The van der Waals surface area contributed by atoms with E-state index in [0.717, 1.165) is 32.7 Å². The summed E-state index contributed by atoms with van der Waals surface area (Å²) >= 11 is 0. The van der Waals surface area contributed by atoms with Crippen molar-refractivity contribution in [1.82, 2.24) is 15.1 Å². The Morgan fingerprint density at radius 3 is 2.13 bits per heavy atom. The van der Waals surface area contributed by atoms with Gasteiger partial charge < -0.3 is 19.9 Å². The van der Waals surface area contributed by atoms with Gasteiger partial charge in [-0.3, -0.25) is 4.79 Å². The van der Waals surface area contributed by atoms with Gasteiger partial charge in [-0.25, -0.2) is 4.79 Å². The zero-order valence-corrected chi connectivity index (χ0v) is 15.5. The maximum absolute atomic E-state index is 12.8. The first kappa shape index (κ1) is 19.7. The average molecular weight is 327 g/mol. The molecule has 1 heterocycles. The number of rotatable bonds is 5. The summed E-state index contributed by atoms with van der Waals surface area (Å²) in [6.07, 6.45) is 0.0928. The number of carbonyl (C=O) groups excluding carboxylic acids is 2. The molecule has 1 aliphatic rings. The standard InChI is InChI=1S/C17H33N3O3/c1-7-19-8-10-20(11-9-19)15(21)14(12-13(2)3)18-16(22)23-17(4,5)6/h13-14H,7-12H2,1-6H3,(H,18,22). The molecule has 0 aromatic heterocycles. The second kappa shape index (κ2) is 8.52. The first-order valence-corrected chi connectivity index (χ1v) is 8.63. The largest absolute Gasteiger partial charge is 0.444 e. The Bertz CT molecular complexity index is 396. The highest BCUT2D eigenvalue weighted by molar-refractivity contribution is 5.85. The lowest BCUT2D eigenvalue weighted by Crippen LogP contribution is -2.55. The third-order valence-corrected chi connectivity index (χ3v) is 3.83. The van der Waals surface area contributed by atoms with Crippen LogP contribution in [-0.4, -0.2) is 66.2 Å². The van der Waals surface area contributed by atoms with Gasteiger partial charge in [0.05, 0.1) is 0 Å². The Morgan fingerprint density at radius 1 is 1.13 bits per heavy atom. The minimum atomic E-state index is -0.567. The summed E-state index contributed by atoms with van der Waals surface area (Å²) in [6, 6.07) is -0.516. The fraction of sp³-hybridized carbons (Fsp3) is 0.882. The number of amides is 2. The fourth-order valence-corrected chi connectivity index (χ4v) is 2.65. The number of nitrogens with one attached hydrogen (secondary N) is 1. The molecule has 0 aromatic carbocycles. The zero-order chi connectivity index (χ0) is 17.6. The van der Waals surface area contributed by atoms with Gasteiger partial charge in [0.15, 0.2) is 0 Å². The molecule has 1 aliphatic heterocycles. The summed E-state index contributed by atoms with van der Waals surface area (Å²) in [5.41, 5.74) is -0.567. The quantitative estimate of drug-likeness (QED) is 0.840. The molecule has 23 heavy (non-hydrogen) atoms. The zero-order valence-electron chi connectivity index (χ0n) is 15.5. The van der Waals surface area contributed by atoms with Crippen LogP contribution < -0.4 is 5.32 Å². The van der Waals surface area contributed by atoms with Gasteiger partial charge in [0.2, 0.25) is 5.91 Å². The molecule has 6 heteroatoms. The molecule has 1 rings (SSSR count). The van der Waals surface area contributed by atoms with Crippen molar-refractivity contribution in [1.29, 1.82) is 0 Å². The lowest BCUT2D eigenvalue weighted by atomic mass is 10.0. The van der Waals surface area contributed by atoms with Crippen molar-refractivity contribution in [3.05, 3.63) is 0 Å². The van der Waals surface area contributed by atoms with Crippen molar-refractivity contribution >= 4 is 12.0 Å². The molecule has 0 bridgehead atoms. The first-order valence-electron chi connectivity index (χ1n) is 8.63. The Morgan fingerprint density at radius 2 is 1.70 bits per heavy atom. The number of piperazine rings is 1. The molecule has 0 aliphatic carbocycles. The predicted molar refractivity (Wildman–Crippen MR) is 91.3 cm³/mol. The van der Waals surface area contributed by atoms with Crippen LogP contribution in [0.5, 0.6) is 0 Å². The monoisotopic (exact) mass is 327 g/mol. The molecule has 0 aromatic rings. The van der Waals surface area contributed by atoms with Crippen LogP contribution in [0.1, 0.15) is 48.0 Å². The van der Waals surface area contributed by atoms with Crippen LogP contribution in [-0.2, 0) is 9.53 Å². The number of hydrogen-bond donors (Lipinski definition) is 1. The van der Waals surface area contributed by atoms with Crippen LogP contribution in [0, 0.1) is 5.92 Å². The van der Waals surface area contributed by atoms with Crippen molar-refractivity contribution in [2.75, 3.05) is 32.7 Å². The number of nitrogens with zero attached hydrogens (tertiary/aromatic N) is 2. The molecule has 6 nitrogen and oxygen atoms in total. The maximum Gasteiger partial charge on any atom is 0.408 e. The normalized spacial score (nSPS) is 18.0. The van der Waals surface area contributed by atoms with E-state index in [2.05, 4.69) is 17.1 Å². The van der Waals surface area contributed by atoms with E-state index in [1.54, 1.807) is 0 Å². The molecule has 1 unspecified atom stereocenters. The Kier molecular flexibility index (Phi) is 7.32. The molecule has 1 fully saturated rings. The molecule has 1 saturated heterocycles. The van der Waals surface area contributed by atoms with Gasteiger partial charge in [-0.1, -0.05) is 20.8 Å². The van der Waals surface area contributed by atoms with Gasteiger partial charge in [-0.15, -0.1) is 0 Å². The molecule has 134 valence electrons. The number of hydrogen-bond acceptors (Lipinski definition) is 4. The second-order valence-electron chi connectivity index (χ2n) is 7.59. The molecule has 1 atom stereocenters. The van der Waals surface area contributed by atoms with Crippen LogP contribution in [0.15, 0.2) is 0 Å². The number of likely N-dealkylation sites (N-methyl/N-ethyl adjacent to an activating group) is 1. The van der Waals surface area contributed by atoms with Crippen molar-refractivity contribution < 1.29 is 14.3 Å². The average Bonchev–Trinajstić information content (AvgIpc) is 2.43. The highest BCUT2D eigenvalue weighted by atomic mass is 16.6. The Hall–Kier alpha value is -1.30. The van der Waals surface area contributed by atoms with Crippen LogP contribution >= 0.6 is 0 Å². The van der Waals surface area contributed by atoms with Crippen LogP contribution in [0.4, 0.5) is 4.79 Å². The SMILES string of the molecule is CCN1CCN(C(=O)C(CC(C)C)NC(=O)OC(C)(C)C)CC1. The van der Waals surface area contributed by atoms with E-state index in [9.17, 15) is 9.59 Å². The molecular formula is C17H33N3O3. The van der Waals surface area contributed by atoms with E-state index in [1.807, 2.05) is 39.5 Å². The summed E-state index contributed by atoms with van der Waals surface area (Å²) in [5, 5.41) is 2.76. The highest BCUT2D eigenvalue weighted by Crippen LogP contribution is 2.12. The van der Waals surface area contributed by atoms with Gasteiger partial charge in [0, 0.05) is 26.2 Å². The highest BCUT2D eigenvalue weighted by Gasteiger charge is 2.30. The number of alkyl carbamates (subject to hydrolysis) is 1. The van der Waals surface area contributed by atoms with Gasteiger partial charge in [-0.2, -0.15) is 0 Å². The molecule has 2 amide bonds. The summed E-state index contributed by atoms with van der Waals surface area (Å²) in [5.74, 6) is 0.316. The maximum atomic E-state index is 12.8. The summed E-state index contributed by atoms with van der Waals surface area (Å²) in [4.78, 5) is 29.0. The van der Waals surface area contributed by atoms with E-state index in [-0.39, 0.29) is 5.91 Å². The molecule has 0 radical (unpaired) electrons. The van der Waals surface area contributed by atoms with E-state index < -0.39 is 17.7 Å². The van der Waals surface area contributed by atoms with Gasteiger partial charge in [-0.05, 0) is 39.7 Å². The Labute approximate surface area is 140 Å². The van der Waals surface area contributed by atoms with E-state index in [1.165, 1.54) is 0 Å². The van der Waals surface area contributed by atoms with E-state index in [4.69, 9.17) is 4.74 Å². The van der Waals surface area contributed by atoms with Crippen LogP contribution in [0.2, 0.25) is 0 Å². The second-order valence-corrected chi connectivity index (χ2v) is 7.59. The lowest BCUT2D eigenvalue weighted by Gasteiger charge is -2.36. The summed E-state index contributed by atoms with van der Waals surface area (Å²) < 4.78 is 5.29. The smallest absolute Gasteiger partial charge is 0.408 e. The van der Waals surface area contributed by atoms with Crippen LogP contribution in [0.3, 0.4) is 0 Å². The third-order valence-electron chi connectivity index (χ3n) is 3.83. The summed E-state index contributed by atoms with van der Waals surface area (Å²) in [7, 11) is 0. The first-order chi connectivity index (χ1) is 10.6. The molecular weight excluding hydrogens is 294 g/mol. The van der Waals surface area contributed by atoms with Crippen molar-refractivity contribution in [2.24, 2.45) is 5.92 Å². The van der Waals surface area contributed by atoms with Crippen molar-refractivity contribution in [3.63, 3.8) is 0 Å². The fourth-order valence-electron chi connectivity index (χ4n) is 2.65. The van der Waals surface area contributed by atoms with Gasteiger partial charge in [0.1, 0.15) is 11.6 Å². The van der Waals surface area contributed by atoms with Crippen molar-refractivity contribution in [2.45, 2.75) is 59.6 Å². The number of ether oxygens (including phenoxy) is 1. The van der Waals surface area contributed by atoms with Crippen molar-refractivity contribution in [3.8, 4) is 0 Å². The van der Waals surface area contributed by atoms with Gasteiger partial charge >= 0.3 is 6.09 Å². The lowest BCUT2D eigenvalue weighted by molar-refractivity contribution is -0.135. The van der Waals surface area contributed by atoms with E-state index in [0.29, 0.717) is 12.3 Å². The number of carbonyl (C=O) groups is 2. The molecule has 1 N–H and O–H groups in total. The predicted octanol–water partition coefficient (Wildman–Crippen LogP) is 2.09. The Balaban J connectivity index is 2.66. The summed E-state index contributed by atoms with van der Waals surface area (Å²) in [6.45, 7) is 15.9. The molecule has 0 saturated carbocycles. The third kappa shape index (κ3) is 7.20. The van der Waals surface area contributed by atoms with Gasteiger partial charge in [0.25, 0.3) is 0 Å². The topological polar surface area (TPSA) is 61.9 Å². The van der Waals surface area contributed by atoms with Crippen LogP contribution in [0.25, 0.3) is 0 Å². The minimum Gasteiger partial charge on any atom is -0.444 e. The molecule has 0 spiro atoms. The minimum absolute atomic E-state index is 0.000289.